The molecular formula is C11H12ClN3S. The zero-order valence-electron chi connectivity index (χ0n) is 15.9. The van der Waals surface area contributed by atoms with Crippen molar-refractivity contribution in [3.05, 3.63) is 23.2 Å². The van der Waals surface area contributed by atoms with Crippen LogP contribution in [0, 0.1) is 0 Å². The van der Waals surface area contributed by atoms with Crippen LogP contribution in [0.25, 0.3) is 10.1 Å². The van der Waals surface area contributed by atoms with Crippen LogP contribution < -0.4 is 10.2 Å². The summed E-state index contributed by atoms with van der Waals surface area (Å²) >= 11 is 6.98. The maximum absolute atomic E-state index is 8.10. The molecule has 1 aromatic heterocycles. The number of aromatic nitrogens is 1. The molecule has 1 N–H and O–H groups in total. The summed E-state index contributed by atoms with van der Waals surface area (Å²) in [5.74, 6) is -0.193. The van der Waals surface area contributed by atoms with Gasteiger partial charge < -0.3 is 10.2 Å². The molecular weight excluding hydrogens is 242 g/mol. The second kappa shape index (κ2) is 4.20. The lowest BCUT2D eigenvalue weighted by Crippen LogP contribution is -2.43. The number of hydrogen-bond acceptors (Lipinski definition) is 4. The summed E-state index contributed by atoms with van der Waals surface area (Å²) in [4.78, 5) is 0.422. The third kappa shape index (κ3) is 1.67. The van der Waals surface area contributed by atoms with Crippen LogP contribution in [-0.4, -0.2) is 30.4 Å². The summed E-state index contributed by atoms with van der Waals surface area (Å²) < 4.78 is 68.3. The van der Waals surface area contributed by atoms with Gasteiger partial charge in [-0.1, -0.05) is 17.7 Å². The molecule has 1 fully saturated rings. The number of halogens is 1. The van der Waals surface area contributed by atoms with Gasteiger partial charge in [-0.3, -0.25) is 0 Å². The van der Waals surface area contributed by atoms with Crippen LogP contribution >= 0.6 is 23.1 Å². The zero-order chi connectivity index (χ0) is 18.1. The predicted octanol–water partition coefficient (Wildman–Crippen LogP) is 2.36. The minimum Gasteiger partial charge on any atom is -0.353 e. The first kappa shape index (κ1) is 4.80. The Morgan fingerprint density at radius 2 is 2.25 bits per heavy atom. The number of nitrogens with zero attached hydrogens (tertiary/aromatic N) is 2. The Labute approximate surface area is 114 Å². The maximum atomic E-state index is 8.10. The number of rotatable bonds is 1. The average molecular weight is 262 g/mol. The first-order valence-electron chi connectivity index (χ1n) is 8.46. The molecule has 0 spiro atoms. The van der Waals surface area contributed by atoms with Gasteiger partial charge in [0, 0.05) is 36.9 Å². The van der Waals surface area contributed by atoms with Gasteiger partial charge in [0.15, 0.2) is 0 Å². The summed E-state index contributed by atoms with van der Waals surface area (Å²) in [6, 6.07) is 4.74. The summed E-state index contributed by atoms with van der Waals surface area (Å²) in [6.07, 6.45) is 0. The molecule has 1 aliphatic heterocycles. The van der Waals surface area contributed by atoms with Gasteiger partial charge >= 0.3 is 0 Å². The number of piperazine rings is 1. The third-order valence-electron chi connectivity index (χ3n) is 2.10. The molecule has 0 amide bonds. The van der Waals surface area contributed by atoms with E-state index in [4.69, 9.17) is 22.6 Å². The molecule has 0 atom stereocenters. The fourth-order valence-electron chi connectivity index (χ4n) is 1.41. The van der Waals surface area contributed by atoms with E-state index in [9.17, 15) is 0 Å². The topological polar surface area (TPSA) is 28.2 Å². The van der Waals surface area contributed by atoms with Crippen molar-refractivity contribution >= 4 is 39.0 Å². The summed E-state index contributed by atoms with van der Waals surface area (Å²) in [5, 5.41) is 2.46. The molecule has 0 radical (unpaired) electrons. The van der Waals surface area contributed by atoms with Crippen LogP contribution in [0.1, 0.15) is 11.0 Å². The molecule has 0 aliphatic carbocycles. The van der Waals surface area contributed by atoms with Crippen LogP contribution in [-0.2, 0) is 0 Å². The molecule has 2 aromatic rings. The molecule has 1 aliphatic rings. The first-order chi connectivity index (χ1) is 10.8. The van der Waals surface area contributed by atoms with Gasteiger partial charge in [0.2, 0.25) is 0 Å². The smallest absolute Gasteiger partial charge is 0.150 e. The summed E-state index contributed by atoms with van der Waals surface area (Å²) in [6.45, 7) is -11.6. The van der Waals surface area contributed by atoms with Crippen LogP contribution in [0.5, 0.6) is 0 Å². The van der Waals surface area contributed by atoms with Crippen molar-refractivity contribution in [3.8, 4) is 0 Å². The van der Waals surface area contributed by atoms with E-state index in [0.29, 0.717) is 20.0 Å². The molecule has 1 aromatic carbocycles. The van der Waals surface area contributed by atoms with E-state index in [1.54, 1.807) is 23.5 Å². The second-order valence-corrected chi connectivity index (χ2v) is 4.24. The Morgan fingerprint density at radius 3 is 3.06 bits per heavy atom. The highest BCUT2D eigenvalue weighted by Crippen LogP contribution is 2.34. The molecule has 5 heteroatoms. The molecule has 0 saturated carbocycles. The Hall–Kier alpha value is -0.840. The lowest BCUT2D eigenvalue weighted by atomic mass is 10.2. The Bertz CT molecular complexity index is 782. The van der Waals surface area contributed by atoms with E-state index in [2.05, 4.69) is 4.37 Å². The molecule has 3 rings (SSSR count). The van der Waals surface area contributed by atoms with E-state index in [0.717, 1.165) is 11.5 Å². The van der Waals surface area contributed by atoms with E-state index in [-0.39, 0.29) is 5.82 Å². The number of benzene rings is 1. The number of fused-ring (bicyclic) bond motifs is 1. The number of nitrogens with one attached hydrogen (secondary N) is 1. The van der Waals surface area contributed by atoms with Crippen LogP contribution in [0.4, 0.5) is 5.82 Å². The van der Waals surface area contributed by atoms with Crippen molar-refractivity contribution in [1.29, 1.82) is 0 Å². The minimum atomic E-state index is -2.91. The van der Waals surface area contributed by atoms with Gasteiger partial charge in [0.05, 0.1) is 15.2 Å². The van der Waals surface area contributed by atoms with Gasteiger partial charge in [0.25, 0.3) is 0 Å². The standard InChI is InChI=1S/C11H12ClN3S/c12-9-3-1-2-8-10(9)16-14-11(8)15-6-4-13-5-7-15/h1-3,13H,4-7H2/i4D2,5D2,6D2,7D2. The van der Waals surface area contributed by atoms with Crippen molar-refractivity contribution in [2.24, 2.45) is 0 Å². The highest BCUT2D eigenvalue weighted by atomic mass is 35.5. The molecule has 0 unspecified atom stereocenters. The third-order valence-corrected chi connectivity index (χ3v) is 3.42. The zero-order valence-corrected chi connectivity index (χ0v) is 9.49. The lowest BCUT2D eigenvalue weighted by molar-refractivity contribution is 0.587. The lowest BCUT2D eigenvalue weighted by Gasteiger charge is -2.27. The van der Waals surface area contributed by atoms with Gasteiger partial charge in [-0.2, -0.15) is 4.37 Å². The van der Waals surface area contributed by atoms with Crippen LogP contribution in [0.3, 0.4) is 0 Å². The van der Waals surface area contributed by atoms with Crippen molar-refractivity contribution in [2.45, 2.75) is 0 Å². The molecule has 16 heavy (non-hydrogen) atoms. The van der Waals surface area contributed by atoms with Gasteiger partial charge in [-0.05, 0) is 23.7 Å². The Balaban J connectivity index is 2.30. The average Bonchev–Trinajstić information content (AvgIpc) is 2.81. The highest BCUT2D eigenvalue weighted by molar-refractivity contribution is 7.14. The van der Waals surface area contributed by atoms with E-state index >= 15 is 0 Å². The highest BCUT2D eigenvalue weighted by Gasteiger charge is 2.16. The van der Waals surface area contributed by atoms with E-state index in [1.165, 1.54) is 0 Å². The first-order valence-corrected chi connectivity index (χ1v) is 5.62. The fraction of sp³-hybridized carbons (Fsp3) is 0.364. The number of hydrogen-bond donors (Lipinski definition) is 1. The van der Waals surface area contributed by atoms with E-state index < -0.39 is 26.0 Å². The van der Waals surface area contributed by atoms with Crippen LogP contribution in [0.15, 0.2) is 18.2 Å². The summed E-state index contributed by atoms with van der Waals surface area (Å²) in [5.41, 5.74) is 0. The number of anilines is 1. The predicted molar refractivity (Wildman–Crippen MR) is 69.7 cm³/mol. The van der Waals surface area contributed by atoms with E-state index in [1.807, 2.05) is 0 Å². The van der Waals surface area contributed by atoms with Crippen molar-refractivity contribution in [1.82, 2.24) is 9.69 Å². The fourth-order valence-corrected chi connectivity index (χ4v) is 2.46. The monoisotopic (exact) mass is 261 g/mol. The van der Waals surface area contributed by atoms with Gasteiger partial charge in [-0.25, -0.2) is 0 Å². The maximum Gasteiger partial charge on any atom is 0.150 e. The summed E-state index contributed by atoms with van der Waals surface area (Å²) in [7, 11) is 0. The Kier molecular flexibility index (Phi) is 1.26. The molecule has 84 valence electrons. The SMILES string of the molecule is [2H]C1([2H])NC([2H])([2H])C([2H])([2H])N(c2nsc3c(Cl)cccc23)C1([2H])[2H]. The molecule has 2 heterocycles. The minimum absolute atomic E-state index is 0.193. The van der Waals surface area contributed by atoms with Crippen molar-refractivity contribution in [2.75, 3.05) is 30.9 Å². The quantitative estimate of drug-likeness (QED) is 0.854. The molecule has 1 saturated heterocycles. The van der Waals surface area contributed by atoms with Gasteiger partial charge in [-0.15, -0.1) is 0 Å². The largest absolute Gasteiger partial charge is 0.353 e. The molecule has 3 nitrogen and oxygen atoms in total. The van der Waals surface area contributed by atoms with Crippen LogP contribution in [0.2, 0.25) is 5.02 Å². The Morgan fingerprint density at radius 1 is 1.44 bits per heavy atom. The molecule has 0 bridgehead atoms. The van der Waals surface area contributed by atoms with Crippen molar-refractivity contribution < 1.29 is 11.0 Å². The van der Waals surface area contributed by atoms with Crippen molar-refractivity contribution in [3.63, 3.8) is 0 Å². The van der Waals surface area contributed by atoms with Gasteiger partial charge in [0.1, 0.15) is 5.82 Å². The normalized spacial score (nSPS) is 36.9. The second-order valence-electron chi connectivity index (χ2n) is 3.06.